The molecule has 3 nitrogen and oxygen atoms in total. The second-order valence-corrected chi connectivity index (χ2v) is 4.33. The van der Waals surface area contributed by atoms with Crippen LogP contribution in [-0.2, 0) is 4.79 Å². The minimum atomic E-state index is -0.303. The first kappa shape index (κ1) is 11.4. The summed E-state index contributed by atoms with van der Waals surface area (Å²) in [6.07, 6.45) is 4.67. The molecule has 0 aromatic rings. The minimum Gasteiger partial charge on any atom is -0.393 e. The first-order chi connectivity index (χ1) is 6.63. The molecular formula is C10H18N2OS. The fraction of sp³-hybridized carbons (Fsp3) is 0.800. The highest BCUT2D eigenvalue weighted by atomic mass is 32.1. The molecule has 4 heteroatoms. The van der Waals surface area contributed by atoms with Crippen LogP contribution >= 0.6 is 12.2 Å². The molecule has 1 heterocycles. The number of thiocarbonyl (C=S) groups is 1. The van der Waals surface area contributed by atoms with Crippen molar-refractivity contribution in [2.45, 2.75) is 32.6 Å². The van der Waals surface area contributed by atoms with Crippen molar-refractivity contribution in [3.05, 3.63) is 0 Å². The molecule has 1 aliphatic heterocycles. The normalized spacial score (nSPS) is 19.9. The minimum absolute atomic E-state index is 0.0967. The van der Waals surface area contributed by atoms with E-state index < -0.39 is 0 Å². The predicted octanol–water partition coefficient (Wildman–Crippen LogP) is 1.31. The van der Waals surface area contributed by atoms with Crippen LogP contribution in [0.5, 0.6) is 0 Å². The van der Waals surface area contributed by atoms with Gasteiger partial charge in [0.1, 0.15) is 0 Å². The van der Waals surface area contributed by atoms with Gasteiger partial charge >= 0.3 is 0 Å². The third kappa shape index (κ3) is 2.94. The summed E-state index contributed by atoms with van der Waals surface area (Å²) in [5.41, 5.74) is 5.47. The second-order valence-electron chi connectivity index (χ2n) is 3.86. The molecule has 0 saturated carbocycles. The zero-order valence-corrected chi connectivity index (χ0v) is 9.48. The fourth-order valence-corrected chi connectivity index (χ4v) is 1.79. The van der Waals surface area contributed by atoms with E-state index in [1.807, 2.05) is 4.90 Å². The molecule has 1 unspecified atom stereocenters. The number of amides is 1. The van der Waals surface area contributed by atoms with Crippen molar-refractivity contribution in [1.29, 1.82) is 0 Å². The lowest BCUT2D eigenvalue weighted by Crippen LogP contribution is -2.40. The Balaban J connectivity index is 2.53. The largest absolute Gasteiger partial charge is 0.393 e. The van der Waals surface area contributed by atoms with Crippen LogP contribution in [0.1, 0.15) is 32.6 Å². The first-order valence-electron chi connectivity index (χ1n) is 5.21. The highest BCUT2D eigenvalue weighted by molar-refractivity contribution is 7.80. The van der Waals surface area contributed by atoms with Gasteiger partial charge in [-0.25, -0.2) is 0 Å². The molecule has 1 aliphatic rings. The Morgan fingerprint density at radius 3 is 2.21 bits per heavy atom. The molecule has 0 radical (unpaired) electrons. The average molecular weight is 214 g/mol. The van der Waals surface area contributed by atoms with Crippen molar-refractivity contribution in [1.82, 2.24) is 4.90 Å². The van der Waals surface area contributed by atoms with E-state index in [4.69, 9.17) is 18.0 Å². The number of hydrogen-bond donors (Lipinski definition) is 1. The van der Waals surface area contributed by atoms with E-state index >= 15 is 0 Å². The summed E-state index contributed by atoms with van der Waals surface area (Å²) in [6.45, 7) is 3.52. The van der Waals surface area contributed by atoms with Crippen molar-refractivity contribution in [2.75, 3.05) is 13.1 Å². The van der Waals surface area contributed by atoms with Gasteiger partial charge in [-0.1, -0.05) is 25.1 Å². The van der Waals surface area contributed by atoms with Crippen molar-refractivity contribution >= 4 is 23.1 Å². The molecule has 0 bridgehead atoms. The number of hydrogen-bond acceptors (Lipinski definition) is 2. The van der Waals surface area contributed by atoms with Crippen molar-refractivity contribution < 1.29 is 4.79 Å². The van der Waals surface area contributed by atoms with E-state index in [-0.39, 0.29) is 11.8 Å². The topological polar surface area (TPSA) is 46.3 Å². The summed E-state index contributed by atoms with van der Waals surface area (Å²) in [4.78, 5) is 14.1. The Morgan fingerprint density at radius 1 is 1.29 bits per heavy atom. The smallest absolute Gasteiger partial charge is 0.232 e. The maximum atomic E-state index is 11.9. The van der Waals surface area contributed by atoms with Crippen LogP contribution in [0, 0.1) is 5.92 Å². The van der Waals surface area contributed by atoms with Gasteiger partial charge in [-0.05, 0) is 19.8 Å². The Morgan fingerprint density at radius 2 is 1.79 bits per heavy atom. The van der Waals surface area contributed by atoms with Gasteiger partial charge in [-0.3, -0.25) is 4.79 Å². The number of nitrogens with zero attached hydrogens (tertiary/aromatic N) is 1. The van der Waals surface area contributed by atoms with Gasteiger partial charge in [0.2, 0.25) is 5.91 Å². The van der Waals surface area contributed by atoms with Gasteiger partial charge in [-0.2, -0.15) is 0 Å². The molecule has 1 fully saturated rings. The van der Waals surface area contributed by atoms with Gasteiger partial charge in [0.25, 0.3) is 0 Å². The lowest BCUT2D eigenvalue weighted by Gasteiger charge is -2.23. The zero-order chi connectivity index (χ0) is 10.6. The molecule has 0 aromatic carbocycles. The van der Waals surface area contributed by atoms with Crippen LogP contribution in [-0.4, -0.2) is 28.9 Å². The molecule has 0 aliphatic carbocycles. The van der Waals surface area contributed by atoms with Crippen LogP contribution in [0.4, 0.5) is 0 Å². The molecule has 14 heavy (non-hydrogen) atoms. The molecule has 0 spiro atoms. The van der Waals surface area contributed by atoms with E-state index in [2.05, 4.69) is 0 Å². The van der Waals surface area contributed by atoms with E-state index in [9.17, 15) is 4.79 Å². The Bertz CT molecular complexity index is 222. The summed E-state index contributed by atoms with van der Waals surface area (Å²) in [6, 6.07) is 0. The van der Waals surface area contributed by atoms with E-state index in [1.54, 1.807) is 6.92 Å². The molecule has 2 N–H and O–H groups in total. The maximum Gasteiger partial charge on any atom is 0.232 e. The molecule has 0 aromatic heterocycles. The van der Waals surface area contributed by atoms with Crippen LogP contribution in [0.15, 0.2) is 0 Å². The molecule has 1 saturated heterocycles. The van der Waals surface area contributed by atoms with Gasteiger partial charge in [0.05, 0.1) is 10.9 Å². The Kier molecular flexibility index (Phi) is 4.32. The molecular weight excluding hydrogens is 196 g/mol. The highest BCUT2D eigenvalue weighted by Gasteiger charge is 2.22. The summed E-state index contributed by atoms with van der Waals surface area (Å²) >= 11 is 4.83. The monoisotopic (exact) mass is 214 g/mol. The molecule has 1 amide bonds. The van der Waals surface area contributed by atoms with E-state index in [1.165, 1.54) is 12.8 Å². The lowest BCUT2D eigenvalue weighted by molar-refractivity contribution is -0.132. The number of carbonyl (C=O) groups is 1. The van der Waals surface area contributed by atoms with Crippen LogP contribution in [0.3, 0.4) is 0 Å². The quantitative estimate of drug-likeness (QED) is 0.705. The van der Waals surface area contributed by atoms with Crippen molar-refractivity contribution in [2.24, 2.45) is 11.7 Å². The Hall–Kier alpha value is -0.640. The van der Waals surface area contributed by atoms with Gasteiger partial charge < -0.3 is 10.6 Å². The third-order valence-electron chi connectivity index (χ3n) is 2.71. The van der Waals surface area contributed by atoms with Gasteiger partial charge in [-0.15, -0.1) is 0 Å². The lowest BCUT2D eigenvalue weighted by atomic mass is 10.1. The van der Waals surface area contributed by atoms with Crippen LogP contribution in [0.25, 0.3) is 0 Å². The first-order valence-corrected chi connectivity index (χ1v) is 5.62. The average Bonchev–Trinajstić information content (AvgIpc) is 2.43. The van der Waals surface area contributed by atoms with Crippen LogP contribution in [0.2, 0.25) is 0 Å². The Labute approximate surface area is 90.6 Å². The molecule has 1 rings (SSSR count). The third-order valence-corrected chi connectivity index (χ3v) is 3.07. The number of likely N-dealkylation sites (tertiary alicyclic amines) is 1. The summed E-state index contributed by atoms with van der Waals surface area (Å²) in [7, 11) is 0. The fourth-order valence-electron chi connectivity index (χ4n) is 1.69. The second kappa shape index (κ2) is 5.29. The van der Waals surface area contributed by atoms with E-state index in [0.717, 1.165) is 25.9 Å². The highest BCUT2D eigenvalue weighted by Crippen LogP contribution is 2.12. The molecule has 1 atom stereocenters. The number of carbonyl (C=O) groups excluding carboxylic acids is 1. The van der Waals surface area contributed by atoms with Gasteiger partial charge in [0, 0.05) is 13.1 Å². The number of rotatable bonds is 2. The van der Waals surface area contributed by atoms with Gasteiger partial charge in [0.15, 0.2) is 0 Å². The summed E-state index contributed by atoms with van der Waals surface area (Å²) < 4.78 is 0. The van der Waals surface area contributed by atoms with Crippen molar-refractivity contribution in [3.63, 3.8) is 0 Å². The van der Waals surface area contributed by atoms with Crippen LogP contribution < -0.4 is 5.73 Å². The molecule has 80 valence electrons. The zero-order valence-electron chi connectivity index (χ0n) is 8.66. The van der Waals surface area contributed by atoms with E-state index in [0.29, 0.717) is 4.99 Å². The number of nitrogens with two attached hydrogens (primary N) is 1. The van der Waals surface area contributed by atoms with Crippen molar-refractivity contribution in [3.8, 4) is 0 Å². The summed E-state index contributed by atoms with van der Waals surface area (Å²) in [5, 5.41) is 0. The predicted molar refractivity (Wildman–Crippen MR) is 61.0 cm³/mol. The SMILES string of the molecule is CC(C(=O)N1CCCCCC1)C(N)=S. The maximum absolute atomic E-state index is 11.9. The summed E-state index contributed by atoms with van der Waals surface area (Å²) in [5.74, 6) is -0.206. The standard InChI is InChI=1S/C10H18N2OS/c1-8(9(11)14)10(13)12-6-4-2-3-5-7-12/h8H,2-7H2,1H3,(H2,11,14).